The highest BCUT2D eigenvalue weighted by atomic mass is 19.1. The number of allylic oxidation sites excluding steroid dienone is 5. The number of benzene rings is 1. The van der Waals surface area contributed by atoms with Gasteiger partial charge in [-0.2, -0.15) is 5.90 Å². The van der Waals surface area contributed by atoms with Gasteiger partial charge in [-0.15, -0.1) is 0 Å². The van der Waals surface area contributed by atoms with Crippen LogP contribution in [0.2, 0.25) is 0 Å². The van der Waals surface area contributed by atoms with Crippen molar-refractivity contribution in [2.45, 2.75) is 20.3 Å². The molecule has 6 nitrogen and oxygen atoms in total. The first-order valence-electron chi connectivity index (χ1n) is 7.92. The van der Waals surface area contributed by atoms with Crippen LogP contribution in [0.15, 0.2) is 58.9 Å². The number of amidine groups is 1. The monoisotopic (exact) mass is 365 g/mol. The van der Waals surface area contributed by atoms with Crippen LogP contribution in [-0.4, -0.2) is 23.6 Å². The second kappa shape index (κ2) is 10.9. The number of carbonyl (C=O) groups is 1. The third kappa shape index (κ3) is 5.91. The Morgan fingerprint density at radius 1 is 1.35 bits per heavy atom. The fourth-order valence-electron chi connectivity index (χ4n) is 2.02. The van der Waals surface area contributed by atoms with E-state index in [1.165, 1.54) is 18.2 Å². The average molecular weight is 365 g/mol. The van der Waals surface area contributed by atoms with Gasteiger partial charge in [0.2, 0.25) is 0 Å². The Bertz CT molecular complexity index is 756. The van der Waals surface area contributed by atoms with Gasteiger partial charge in [-0.1, -0.05) is 26.0 Å². The topological polar surface area (TPSA) is 96.9 Å². The van der Waals surface area contributed by atoms with Crippen LogP contribution in [0.5, 0.6) is 0 Å². The lowest BCUT2D eigenvalue weighted by atomic mass is 10.1. The lowest BCUT2D eigenvalue weighted by molar-refractivity contribution is 0.0503. The van der Waals surface area contributed by atoms with E-state index in [9.17, 15) is 18.8 Å². The largest absolute Gasteiger partial charge is 0.370 e. The Hall–Kier alpha value is -2.84. The number of rotatable bonds is 4. The fraction of sp³-hybridized carbons (Fsp3) is 0.222. The van der Waals surface area contributed by atoms with Gasteiger partial charge in [-0.25, -0.2) is 13.6 Å². The standard InChI is InChI=1S/C16H15F2N3O3.C2H6/c17-12-3-1-2-10(4-6-12)9-20-15(21-23)13-8-11(16(22)24-19)5-7-14(13)18;1-2/h1,3-8,23H,2,9,19H2,(H,20,21);1-2H3. The minimum absolute atomic E-state index is 0.00142. The number of nitrogens with zero attached hydrogens (tertiary/aromatic N) is 1. The molecule has 0 radical (unpaired) electrons. The van der Waals surface area contributed by atoms with Crippen LogP contribution < -0.4 is 11.4 Å². The number of hydrogen-bond acceptors (Lipinski definition) is 5. The van der Waals surface area contributed by atoms with Gasteiger partial charge in [0.05, 0.1) is 17.7 Å². The van der Waals surface area contributed by atoms with E-state index in [4.69, 9.17) is 5.90 Å². The maximum Gasteiger partial charge on any atom is 0.356 e. The molecule has 0 atom stereocenters. The van der Waals surface area contributed by atoms with E-state index in [1.54, 1.807) is 17.6 Å². The molecule has 1 aromatic rings. The average Bonchev–Trinajstić information content (AvgIpc) is 2.88. The second-order valence-electron chi connectivity index (χ2n) is 4.86. The molecular weight excluding hydrogens is 344 g/mol. The molecule has 1 aromatic carbocycles. The molecule has 26 heavy (non-hydrogen) atoms. The van der Waals surface area contributed by atoms with Crippen molar-refractivity contribution < 1.29 is 23.6 Å². The molecule has 4 N–H and O–H groups in total. The van der Waals surface area contributed by atoms with Crippen LogP contribution in [-0.2, 0) is 4.84 Å². The van der Waals surface area contributed by atoms with Crippen molar-refractivity contribution in [3.63, 3.8) is 0 Å². The normalized spacial score (nSPS) is 13.7. The number of halogens is 2. The number of nitrogens with one attached hydrogen (secondary N) is 1. The van der Waals surface area contributed by atoms with Gasteiger partial charge in [0, 0.05) is 0 Å². The van der Waals surface area contributed by atoms with Crippen LogP contribution in [0, 0.1) is 5.82 Å². The summed E-state index contributed by atoms with van der Waals surface area (Å²) in [5.74, 6) is 2.67. The summed E-state index contributed by atoms with van der Waals surface area (Å²) < 4.78 is 27.0. The SMILES string of the molecule is CC.NOC(=O)c1ccc(F)c(C(=NCC2=CC=C(F)C=CC2)NO)c1. The number of hydrogen-bond donors (Lipinski definition) is 3. The Balaban J connectivity index is 0.00000163. The van der Waals surface area contributed by atoms with Crippen LogP contribution >= 0.6 is 0 Å². The molecule has 0 unspecified atom stereocenters. The smallest absolute Gasteiger partial charge is 0.356 e. The highest BCUT2D eigenvalue weighted by Crippen LogP contribution is 2.15. The van der Waals surface area contributed by atoms with Crippen LogP contribution in [0.4, 0.5) is 8.78 Å². The van der Waals surface area contributed by atoms with Gasteiger partial charge in [0.1, 0.15) is 11.6 Å². The molecule has 0 saturated carbocycles. The van der Waals surface area contributed by atoms with Crippen molar-refractivity contribution in [2.75, 3.05) is 6.54 Å². The minimum atomic E-state index is -0.856. The number of carbonyl (C=O) groups excluding carboxylic acids is 1. The molecule has 0 aromatic heterocycles. The molecule has 2 rings (SSSR count). The maximum absolute atomic E-state index is 14.0. The molecule has 140 valence electrons. The summed E-state index contributed by atoms with van der Waals surface area (Å²) in [6.45, 7) is 4.10. The van der Waals surface area contributed by atoms with Gasteiger partial charge < -0.3 is 4.84 Å². The van der Waals surface area contributed by atoms with Gasteiger partial charge in [-0.3, -0.25) is 15.7 Å². The Labute approximate surface area is 150 Å². The predicted octanol–water partition coefficient (Wildman–Crippen LogP) is 3.35. The minimum Gasteiger partial charge on any atom is -0.370 e. The zero-order valence-electron chi connectivity index (χ0n) is 14.5. The van der Waals surface area contributed by atoms with Gasteiger partial charge in [0.15, 0.2) is 5.84 Å². The number of nitrogens with two attached hydrogens (primary N) is 1. The molecule has 1 aliphatic carbocycles. The summed E-state index contributed by atoms with van der Waals surface area (Å²) in [7, 11) is 0. The van der Waals surface area contributed by atoms with Crippen molar-refractivity contribution in [2.24, 2.45) is 10.9 Å². The number of hydroxylamine groups is 1. The third-order valence-electron chi connectivity index (χ3n) is 3.25. The zero-order chi connectivity index (χ0) is 19.5. The van der Waals surface area contributed by atoms with Crippen LogP contribution in [0.25, 0.3) is 0 Å². The summed E-state index contributed by atoms with van der Waals surface area (Å²) in [5, 5.41) is 9.22. The van der Waals surface area contributed by atoms with E-state index in [2.05, 4.69) is 9.83 Å². The molecule has 0 saturated heterocycles. The summed E-state index contributed by atoms with van der Waals surface area (Å²) in [6, 6.07) is 3.36. The van der Waals surface area contributed by atoms with Gasteiger partial charge in [-0.05, 0) is 42.3 Å². The lowest BCUT2D eigenvalue weighted by Gasteiger charge is -2.09. The molecule has 0 aliphatic heterocycles. The van der Waals surface area contributed by atoms with Crippen LogP contribution in [0.3, 0.4) is 0 Å². The zero-order valence-corrected chi connectivity index (χ0v) is 14.5. The molecule has 0 amide bonds. The van der Waals surface area contributed by atoms with E-state index in [0.717, 1.165) is 17.7 Å². The Morgan fingerprint density at radius 3 is 2.73 bits per heavy atom. The Kier molecular flexibility index (Phi) is 8.90. The molecule has 0 heterocycles. The molecular formula is C18H21F2N3O3. The maximum atomic E-state index is 14.0. The molecule has 0 spiro atoms. The van der Waals surface area contributed by atoms with Crippen LogP contribution in [0.1, 0.15) is 36.2 Å². The Morgan fingerprint density at radius 2 is 2.08 bits per heavy atom. The van der Waals surface area contributed by atoms with Crippen molar-refractivity contribution in [3.05, 3.63) is 70.8 Å². The highest BCUT2D eigenvalue weighted by Gasteiger charge is 2.14. The first kappa shape index (κ1) is 21.2. The van der Waals surface area contributed by atoms with E-state index in [1.807, 2.05) is 13.8 Å². The molecule has 1 aliphatic rings. The fourth-order valence-corrected chi connectivity index (χ4v) is 2.02. The van der Waals surface area contributed by atoms with Crippen molar-refractivity contribution in [3.8, 4) is 0 Å². The number of aliphatic imine (C=N–C) groups is 1. The first-order chi connectivity index (χ1) is 12.5. The molecule has 0 fully saturated rings. The molecule has 8 heteroatoms. The van der Waals surface area contributed by atoms with E-state index in [-0.39, 0.29) is 29.3 Å². The summed E-state index contributed by atoms with van der Waals surface area (Å²) in [5.41, 5.74) is 2.42. The van der Waals surface area contributed by atoms with Crippen molar-refractivity contribution in [1.82, 2.24) is 5.48 Å². The summed E-state index contributed by atoms with van der Waals surface area (Å²) in [6.07, 6.45) is 6.28. The predicted molar refractivity (Wildman–Crippen MR) is 94.7 cm³/mol. The molecule has 0 bridgehead atoms. The first-order valence-corrected chi connectivity index (χ1v) is 7.92. The third-order valence-corrected chi connectivity index (χ3v) is 3.25. The van der Waals surface area contributed by atoms with Gasteiger partial charge in [0.25, 0.3) is 0 Å². The second-order valence-corrected chi connectivity index (χ2v) is 4.86. The van der Waals surface area contributed by atoms with E-state index in [0.29, 0.717) is 6.42 Å². The quantitative estimate of drug-likeness (QED) is 0.432. The van der Waals surface area contributed by atoms with E-state index >= 15 is 0 Å². The van der Waals surface area contributed by atoms with Gasteiger partial charge >= 0.3 is 5.97 Å². The van der Waals surface area contributed by atoms with E-state index < -0.39 is 11.8 Å². The summed E-state index contributed by atoms with van der Waals surface area (Å²) >= 11 is 0. The van der Waals surface area contributed by atoms with Crippen molar-refractivity contribution in [1.29, 1.82) is 0 Å². The lowest BCUT2D eigenvalue weighted by Crippen LogP contribution is -2.23. The summed E-state index contributed by atoms with van der Waals surface area (Å²) in [4.78, 5) is 19.6. The van der Waals surface area contributed by atoms with Crippen molar-refractivity contribution >= 4 is 11.8 Å². The highest BCUT2D eigenvalue weighted by molar-refractivity contribution is 6.00.